The van der Waals surface area contributed by atoms with E-state index in [4.69, 9.17) is 4.74 Å². The number of aromatic carboxylic acids is 1. The quantitative estimate of drug-likeness (QED) is 0.898. The largest absolute Gasteiger partial charge is 0.478 e. The molecule has 5 heteroatoms. The van der Waals surface area contributed by atoms with Crippen molar-refractivity contribution in [3.05, 3.63) is 36.0 Å². The molecule has 2 heterocycles. The van der Waals surface area contributed by atoms with Crippen LogP contribution in [-0.4, -0.2) is 34.8 Å². The molecule has 2 N–H and O–H groups in total. The molecule has 1 aromatic carbocycles. The molecule has 0 saturated carbocycles. The molecule has 3 rings (SSSR count). The van der Waals surface area contributed by atoms with E-state index in [1.807, 2.05) is 31.2 Å². The van der Waals surface area contributed by atoms with Crippen LogP contribution in [-0.2, 0) is 4.74 Å². The van der Waals surface area contributed by atoms with Crippen LogP contribution < -0.4 is 5.32 Å². The SMILES string of the molecule is CC1(Nc2c(C(=O)O)cnc3ccccc23)CCOC1. The van der Waals surface area contributed by atoms with Gasteiger partial charge in [-0.3, -0.25) is 4.98 Å². The summed E-state index contributed by atoms with van der Waals surface area (Å²) in [5.74, 6) is -0.978. The third-order valence-electron chi connectivity index (χ3n) is 3.65. The number of hydrogen-bond acceptors (Lipinski definition) is 4. The zero-order valence-electron chi connectivity index (χ0n) is 11.2. The predicted molar refractivity (Wildman–Crippen MR) is 76.2 cm³/mol. The van der Waals surface area contributed by atoms with Gasteiger partial charge in [-0.1, -0.05) is 18.2 Å². The molecule has 1 fully saturated rings. The molecule has 1 atom stereocenters. The van der Waals surface area contributed by atoms with Crippen LogP contribution in [0.5, 0.6) is 0 Å². The second-order valence-corrected chi connectivity index (χ2v) is 5.36. The van der Waals surface area contributed by atoms with Crippen molar-refractivity contribution in [3.63, 3.8) is 0 Å². The van der Waals surface area contributed by atoms with Gasteiger partial charge < -0.3 is 15.2 Å². The fourth-order valence-electron chi connectivity index (χ4n) is 2.51. The normalized spacial score (nSPS) is 22.1. The van der Waals surface area contributed by atoms with E-state index in [0.717, 1.165) is 17.3 Å². The van der Waals surface area contributed by atoms with Gasteiger partial charge in [0.15, 0.2) is 0 Å². The standard InChI is InChI=1S/C15H16N2O3/c1-15(6-7-20-9-15)17-13-10-4-2-3-5-12(10)16-8-11(13)14(18)19/h2-5,8H,6-7,9H2,1H3,(H,16,17)(H,18,19). The van der Waals surface area contributed by atoms with Gasteiger partial charge in [0, 0.05) is 18.2 Å². The molecule has 1 aromatic heterocycles. The molecule has 5 nitrogen and oxygen atoms in total. The van der Waals surface area contributed by atoms with Crippen molar-refractivity contribution in [1.82, 2.24) is 4.98 Å². The molecule has 0 radical (unpaired) electrons. The van der Waals surface area contributed by atoms with Crippen LogP contribution in [0.1, 0.15) is 23.7 Å². The monoisotopic (exact) mass is 272 g/mol. The third-order valence-corrected chi connectivity index (χ3v) is 3.65. The summed E-state index contributed by atoms with van der Waals surface area (Å²) in [7, 11) is 0. The Morgan fingerprint density at radius 2 is 2.25 bits per heavy atom. The van der Waals surface area contributed by atoms with Crippen molar-refractivity contribution in [2.75, 3.05) is 18.5 Å². The molecular weight excluding hydrogens is 256 g/mol. The Bertz CT molecular complexity index is 663. The summed E-state index contributed by atoms with van der Waals surface area (Å²) in [6.07, 6.45) is 2.26. The number of pyridine rings is 1. The first-order chi connectivity index (χ1) is 9.59. The number of aromatic nitrogens is 1. The van der Waals surface area contributed by atoms with Crippen LogP contribution in [0.3, 0.4) is 0 Å². The summed E-state index contributed by atoms with van der Waals surface area (Å²) >= 11 is 0. The van der Waals surface area contributed by atoms with Gasteiger partial charge in [-0.15, -0.1) is 0 Å². The smallest absolute Gasteiger partial charge is 0.339 e. The number of ether oxygens (including phenoxy) is 1. The van der Waals surface area contributed by atoms with Crippen LogP contribution in [0.2, 0.25) is 0 Å². The lowest BCUT2D eigenvalue weighted by atomic mass is 9.99. The number of carboxylic acid groups (broad SMARTS) is 1. The van der Waals surface area contributed by atoms with Crippen molar-refractivity contribution >= 4 is 22.6 Å². The topological polar surface area (TPSA) is 71.5 Å². The maximum atomic E-state index is 11.4. The third kappa shape index (κ3) is 2.20. The zero-order chi connectivity index (χ0) is 14.2. The van der Waals surface area contributed by atoms with Crippen LogP contribution in [0.4, 0.5) is 5.69 Å². The fourth-order valence-corrected chi connectivity index (χ4v) is 2.51. The highest BCUT2D eigenvalue weighted by atomic mass is 16.5. The van der Waals surface area contributed by atoms with E-state index < -0.39 is 5.97 Å². The van der Waals surface area contributed by atoms with Gasteiger partial charge in [-0.2, -0.15) is 0 Å². The highest BCUT2D eigenvalue weighted by Crippen LogP contribution is 2.31. The zero-order valence-corrected chi connectivity index (χ0v) is 11.2. The first kappa shape index (κ1) is 12.9. The van der Waals surface area contributed by atoms with Gasteiger partial charge in [0.1, 0.15) is 5.56 Å². The second-order valence-electron chi connectivity index (χ2n) is 5.36. The maximum absolute atomic E-state index is 11.4. The van der Waals surface area contributed by atoms with Gasteiger partial charge in [-0.05, 0) is 19.4 Å². The molecule has 1 aliphatic rings. The van der Waals surface area contributed by atoms with Gasteiger partial charge >= 0.3 is 5.97 Å². The van der Waals surface area contributed by atoms with Gasteiger partial charge in [0.2, 0.25) is 0 Å². The fraction of sp³-hybridized carbons (Fsp3) is 0.333. The Morgan fingerprint density at radius 1 is 1.45 bits per heavy atom. The number of rotatable bonds is 3. The van der Waals surface area contributed by atoms with Gasteiger partial charge in [0.25, 0.3) is 0 Å². The Labute approximate surface area is 116 Å². The Hall–Kier alpha value is -2.14. The van der Waals surface area contributed by atoms with E-state index in [0.29, 0.717) is 18.9 Å². The second kappa shape index (κ2) is 4.76. The molecule has 1 saturated heterocycles. The predicted octanol–water partition coefficient (Wildman–Crippen LogP) is 2.52. The van der Waals surface area contributed by atoms with E-state index in [1.54, 1.807) is 0 Å². The molecule has 0 spiro atoms. The van der Waals surface area contributed by atoms with Crippen LogP contribution in [0.25, 0.3) is 10.9 Å². The summed E-state index contributed by atoms with van der Waals surface area (Å²) in [5, 5.41) is 13.6. The number of anilines is 1. The van der Waals surface area contributed by atoms with Crippen LogP contribution in [0.15, 0.2) is 30.5 Å². The minimum atomic E-state index is -0.978. The Balaban J connectivity index is 2.14. The highest BCUT2D eigenvalue weighted by Gasteiger charge is 2.31. The van der Waals surface area contributed by atoms with Crippen LogP contribution in [0, 0.1) is 0 Å². The van der Waals surface area contributed by atoms with E-state index in [-0.39, 0.29) is 11.1 Å². The average molecular weight is 272 g/mol. The van der Waals surface area contributed by atoms with Crippen molar-refractivity contribution in [1.29, 1.82) is 0 Å². The summed E-state index contributed by atoms with van der Waals surface area (Å²) in [4.78, 5) is 15.6. The van der Waals surface area contributed by atoms with Crippen molar-refractivity contribution < 1.29 is 14.6 Å². The molecule has 2 aromatic rings. The summed E-state index contributed by atoms with van der Waals surface area (Å²) in [6, 6.07) is 7.53. The lowest BCUT2D eigenvalue weighted by Gasteiger charge is -2.26. The average Bonchev–Trinajstić information content (AvgIpc) is 2.85. The molecule has 0 amide bonds. The van der Waals surface area contributed by atoms with Gasteiger partial charge in [0.05, 0.1) is 23.3 Å². The van der Waals surface area contributed by atoms with E-state index in [1.165, 1.54) is 6.20 Å². The minimum Gasteiger partial charge on any atom is -0.478 e. The lowest BCUT2D eigenvalue weighted by Crippen LogP contribution is -2.35. The number of para-hydroxylation sites is 1. The number of fused-ring (bicyclic) bond motifs is 1. The summed E-state index contributed by atoms with van der Waals surface area (Å²) in [6.45, 7) is 3.30. The number of nitrogens with zero attached hydrogens (tertiary/aromatic N) is 1. The van der Waals surface area contributed by atoms with Crippen molar-refractivity contribution in [2.24, 2.45) is 0 Å². The Kier molecular flexibility index (Phi) is 3.06. The summed E-state index contributed by atoms with van der Waals surface area (Å²) in [5.41, 5.74) is 1.35. The van der Waals surface area contributed by atoms with Crippen molar-refractivity contribution in [2.45, 2.75) is 18.9 Å². The van der Waals surface area contributed by atoms with Gasteiger partial charge in [-0.25, -0.2) is 4.79 Å². The van der Waals surface area contributed by atoms with Crippen molar-refractivity contribution in [3.8, 4) is 0 Å². The molecule has 104 valence electrons. The first-order valence-corrected chi connectivity index (χ1v) is 6.56. The maximum Gasteiger partial charge on any atom is 0.339 e. The van der Waals surface area contributed by atoms with E-state index in [2.05, 4.69) is 10.3 Å². The van der Waals surface area contributed by atoms with Crippen LogP contribution >= 0.6 is 0 Å². The highest BCUT2D eigenvalue weighted by molar-refractivity contribution is 6.04. The number of carbonyl (C=O) groups is 1. The molecular formula is C15H16N2O3. The number of nitrogens with one attached hydrogen (secondary N) is 1. The minimum absolute atomic E-state index is 0.192. The number of benzene rings is 1. The molecule has 0 bridgehead atoms. The molecule has 1 unspecified atom stereocenters. The first-order valence-electron chi connectivity index (χ1n) is 6.56. The molecule has 0 aliphatic carbocycles. The van der Waals surface area contributed by atoms with E-state index >= 15 is 0 Å². The molecule has 20 heavy (non-hydrogen) atoms. The van der Waals surface area contributed by atoms with E-state index in [9.17, 15) is 9.90 Å². The summed E-state index contributed by atoms with van der Waals surface area (Å²) < 4.78 is 5.42. The Morgan fingerprint density at radius 3 is 2.95 bits per heavy atom. The number of hydrogen-bond donors (Lipinski definition) is 2. The molecule has 1 aliphatic heterocycles. The number of carboxylic acids is 1. The lowest BCUT2D eigenvalue weighted by molar-refractivity contribution is 0.0697.